The Morgan fingerprint density at radius 2 is 1.71 bits per heavy atom. The molecular formula is C12H12F6O5S. The van der Waals surface area contributed by atoms with E-state index in [0.717, 1.165) is 0 Å². The molecule has 0 spiro atoms. The second-order valence-electron chi connectivity index (χ2n) is 6.39. The van der Waals surface area contributed by atoms with Gasteiger partial charge in [0.1, 0.15) is 12.2 Å². The number of rotatable bonds is 4. The molecule has 3 fully saturated rings. The van der Waals surface area contributed by atoms with Crippen molar-refractivity contribution in [2.24, 2.45) is 11.8 Å². The number of carbonyl (C=O) groups is 1. The van der Waals surface area contributed by atoms with Crippen LogP contribution >= 0.6 is 0 Å². The van der Waals surface area contributed by atoms with E-state index in [2.05, 4.69) is 4.74 Å². The van der Waals surface area contributed by atoms with Crippen molar-refractivity contribution in [2.75, 3.05) is 0 Å². The van der Waals surface area contributed by atoms with Crippen molar-refractivity contribution in [2.45, 2.75) is 55.0 Å². The molecule has 12 heteroatoms. The summed E-state index contributed by atoms with van der Waals surface area (Å²) in [5.74, 6) is -21.0. The van der Waals surface area contributed by atoms with Crippen LogP contribution in [-0.2, 0) is 23.8 Å². The Morgan fingerprint density at radius 1 is 1.12 bits per heavy atom. The average Bonchev–Trinajstić information content (AvgIpc) is 3.01. The smallest absolute Gasteiger partial charge is 0.410 e. The van der Waals surface area contributed by atoms with Gasteiger partial charge in [-0.1, -0.05) is 0 Å². The first-order chi connectivity index (χ1) is 10.7. The van der Waals surface area contributed by atoms with Crippen molar-refractivity contribution < 1.29 is 48.5 Å². The number of ether oxygens (including phenoxy) is 1. The predicted molar refractivity (Wildman–Crippen MR) is 64.2 cm³/mol. The Bertz CT molecular complexity index is 672. The molecule has 2 saturated carbocycles. The van der Waals surface area contributed by atoms with Crippen LogP contribution in [0.3, 0.4) is 0 Å². The maximum atomic E-state index is 13.5. The normalized spacial score (nSPS) is 37.7. The summed E-state index contributed by atoms with van der Waals surface area (Å²) in [6.07, 6.45) is -2.54. The third-order valence-electron chi connectivity index (χ3n) is 4.86. The third-order valence-corrected chi connectivity index (χ3v) is 6.63. The summed E-state index contributed by atoms with van der Waals surface area (Å²) < 4.78 is 111. The first-order valence-electron chi connectivity index (χ1n) is 6.97. The van der Waals surface area contributed by atoms with Crippen LogP contribution in [0.4, 0.5) is 26.3 Å². The lowest BCUT2D eigenvalue weighted by atomic mass is 9.94. The zero-order valence-electron chi connectivity index (χ0n) is 12.0. The molecule has 5 atom stereocenters. The van der Waals surface area contributed by atoms with Crippen LogP contribution in [0.2, 0.25) is 0 Å². The SMILES string of the molecule is CC(F)(F)C(F)(F)C(F)(F)C(=O)OC1C2CC3C1OS(=O)(=O)C3C2. The van der Waals surface area contributed by atoms with Gasteiger partial charge in [0, 0.05) is 18.8 Å². The zero-order chi connectivity index (χ0) is 18.3. The number of halogens is 6. The molecule has 0 radical (unpaired) electrons. The molecule has 1 heterocycles. The van der Waals surface area contributed by atoms with E-state index in [4.69, 9.17) is 4.18 Å². The molecule has 138 valence electrons. The molecule has 3 rings (SSSR count). The van der Waals surface area contributed by atoms with E-state index in [9.17, 15) is 39.6 Å². The fourth-order valence-corrected chi connectivity index (χ4v) is 5.53. The lowest BCUT2D eigenvalue weighted by Crippen LogP contribution is -2.58. The van der Waals surface area contributed by atoms with Gasteiger partial charge >= 0.3 is 23.7 Å². The molecular weight excluding hydrogens is 370 g/mol. The van der Waals surface area contributed by atoms with Crippen LogP contribution in [0, 0.1) is 11.8 Å². The Hall–Kier alpha value is -1.04. The van der Waals surface area contributed by atoms with Gasteiger partial charge in [0.05, 0.1) is 5.25 Å². The van der Waals surface area contributed by atoms with E-state index in [0.29, 0.717) is 0 Å². The largest absolute Gasteiger partial charge is 0.455 e. The fourth-order valence-electron chi connectivity index (χ4n) is 3.65. The number of esters is 1. The van der Waals surface area contributed by atoms with Crippen LogP contribution < -0.4 is 0 Å². The molecule has 24 heavy (non-hydrogen) atoms. The molecule has 1 aliphatic heterocycles. The number of fused-ring (bicyclic) bond motifs is 1. The molecule has 0 aromatic rings. The fraction of sp³-hybridized carbons (Fsp3) is 0.917. The van der Waals surface area contributed by atoms with Crippen LogP contribution in [0.15, 0.2) is 0 Å². The quantitative estimate of drug-likeness (QED) is 0.422. The maximum absolute atomic E-state index is 13.5. The first kappa shape index (κ1) is 17.8. The van der Waals surface area contributed by atoms with E-state index >= 15 is 0 Å². The molecule has 5 nitrogen and oxygen atoms in total. The lowest BCUT2D eigenvalue weighted by Gasteiger charge is -2.31. The van der Waals surface area contributed by atoms with E-state index in [1.807, 2.05) is 0 Å². The van der Waals surface area contributed by atoms with Gasteiger partial charge in [0.15, 0.2) is 0 Å². The molecule has 2 aliphatic carbocycles. The van der Waals surface area contributed by atoms with E-state index < -0.39 is 70.1 Å². The van der Waals surface area contributed by atoms with Crippen LogP contribution in [0.25, 0.3) is 0 Å². The van der Waals surface area contributed by atoms with Crippen molar-refractivity contribution >= 4 is 16.1 Å². The average molecular weight is 382 g/mol. The highest BCUT2D eigenvalue weighted by atomic mass is 32.2. The van der Waals surface area contributed by atoms with Crippen molar-refractivity contribution in [3.8, 4) is 0 Å². The summed E-state index contributed by atoms with van der Waals surface area (Å²) in [5, 5.41) is -0.843. The maximum Gasteiger partial charge on any atom is 0.410 e. The molecule has 0 aromatic carbocycles. The van der Waals surface area contributed by atoms with Crippen LogP contribution in [0.1, 0.15) is 19.8 Å². The van der Waals surface area contributed by atoms with Gasteiger partial charge in [-0.2, -0.15) is 34.8 Å². The molecule has 0 N–H and O–H groups in total. The molecule has 0 aromatic heterocycles. The number of carbonyl (C=O) groups excluding carboxylic acids is 1. The van der Waals surface area contributed by atoms with Crippen molar-refractivity contribution in [3.63, 3.8) is 0 Å². The molecule has 5 unspecified atom stereocenters. The molecule has 3 aliphatic rings. The Morgan fingerprint density at radius 3 is 2.25 bits per heavy atom. The Kier molecular flexibility index (Phi) is 3.53. The Balaban J connectivity index is 1.79. The Labute approximate surface area is 132 Å². The molecule has 0 amide bonds. The van der Waals surface area contributed by atoms with Crippen LogP contribution in [0.5, 0.6) is 0 Å². The summed E-state index contributed by atoms with van der Waals surface area (Å²) in [6, 6.07) is 0. The van der Waals surface area contributed by atoms with Gasteiger partial charge in [-0.15, -0.1) is 0 Å². The second-order valence-corrected chi connectivity index (χ2v) is 8.18. The van der Waals surface area contributed by atoms with E-state index in [1.54, 1.807) is 0 Å². The highest BCUT2D eigenvalue weighted by molar-refractivity contribution is 7.87. The topological polar surface area (TPSA) is 69.7 Å². The summed E-state index contributed by atoms with van der Waals surface area (Å²) >= 11 is 0. The van der Waals surface area contributed by atoms with Gasteiger partial charge in [-0.25, -0.2) is 4.79 Å². The predicted octanol–water partition coefficient (Wildman–Crippen LogP) is 1.96. The third kappa shape index (κ3) is 2.18. The van der Waals surface area contributed by atoms with E-state index in [-0.39, 0.29) is 12.8 Å². The minimum Gasteiger partial charge on any atom is -0.455 e. The second kappa shape index (κ2) is 4.77. The number of hydrogen-bond donors (Lipinski definition) is 0. The highest BCUT2D eigenvalue weighted by Crippen LogP contribution is 2.56. The summed E-state index contributed by atoms with van der Waals surface area (Å²) in [6.45, 7) is -0.441. The number of hydrogen-bond acceptors (Lipinski definition) is 5. The lowest BCUT2D eigenvalue weighted by molar-refractivity contribution is -0.301. The highest BCUT2D eigenvalue weighted by Gasteiger charge is 2.75. The zero-order valence-corrected chi connectivity index (χ0v) is 12.8. The number of alkyl halides is 6. The molecule has 2 bridgehead atoms. The standard InChI is InChI=1S/C12H12F6O5S/c1-10(13,14)12(17,18)11(15,16)9(19)22-7-4-2-5-6(3-4)24(20,21)23-8(5)7/h4-8H,2-3H2,1H3. The van der Waals surface area contributed by atoms with Crippen molar-refractivity contribution in [1.29, 1.82) is 0 Å². The van der Waals surface area contributed by atoms with E-state index in [1.165, 1.54) is 0 Å². The van der Waals surface area contributed by atoms with Gasteiger partial charge in [0.25, 0.3) is 10.1 Å². The molecule has 1 saturated heterocycles. The minimum atomic E-state index is -5.96. The first-order valence-corrected chi connectivity index (χ1v) is 8.44. The monoisotopic (exact) mass is 382 g/mol. The summed E-state index contributed by atoms with van der Waals surface area (Å²) in [5.41, 5.74) is 0. The van der Waals surface area contributed by atoms with Crippen LogP contribution in [-0.4, -0.2) is 49.6 Å². The van der Waals surface area contributed by atoms with Gasteiger partial charge < -0.3 is 4.74 Å². The van der Waals surface area contributed by atoms with Gasteiger partial charge in [-0.05, 0) is 12.8 Å². The van der Waals surface area contributed by atoms with Gasteiger partial charge in [0.2, 0.25) is 0 Å². The summed E-state index contributed by atoms with van der Waals surface area (Å²) in [4.78, 5) is 11.4. The van der Waals surface area contributed by atoms with Gasteiger partial charge in [-0.3, -0.25) is 4.18 Å². The van der Waals surface area contributed by atoms with Crippen molar-refractivity contribution in [1.82, 2.24) is 0 Å². The summed E-state index contributed by atoms with van der Waals surface area (Å²) in [7, 11) is -3.93. The minimum absolute atomic E-state index is 0.0205. The van der Waals surface area contributed by atoms with Crippen molar-refractivity contribution in [3.05, 3.63) is 0 Å².